The number of rotatable bonds is 1. The lowest BCUT2D eigenvalue weighted by molar-refractivity contribution is -0.660. The largest absolute Gasteiger partial charge is 0.455 e. The van der Waals surface area contributed by atoms with Gasteiger partial charge in [-0.1, -0.05) is 56.3 Å². The molecule has 6 rings (SSSR count). The Hall–Kier alpha value is -3.39. The summed E-state index contributed by atoms with van der Waals surface area (Å²) >= 11 is 0. The van der Waals surface area contributed by atoms with Gasteiger partial charge in [0.1, 0.15) is 18.2 Å². The lowest BCUT2D eigenvalue weighted by Crippen LogP contribution is -2.30. The van der Waals surface area contributed by atoms with Crippen LogP contribution in [0.15, 0.2) is 77.3 Å². The topological polar surface area (TPSA) is 17.0 Å². The van der Waals surface area contributed by atoms with E-state index in [2.05, 4.69) is 105 Å². The molecular weight excluding hydrogens is 366 g/mol. The summed E-state index contributed by atoms with van der Waals surface area (Å²) in [4.78, 5) is 0. The molecule has 0 spiro atoms. The van der Waals surface area contributed by atoms with Gasteiger partial charge in [-0.25, -0.2) is 4.57 Å². The number of furan rings is 1. The third kappa shape index (κ3) is 2.11. The first-order valence-corrected chi connectivity index (χ1v) is 10.5. The zero-order chi connectivity index (χ0) is 20.6. The van der Waals surface area contributed by atoms with Gasteiger partial charge in [0.2, 0.25) is 5.69 Å². The van der Waals surface area contributed by atoms with Gasteiger partial charge in [-0.15, -0.1) is 0 Å². The fraction of sp³-hybridized carbons (Fsp3) is 0.179. The quantitative estimate of drug-likeness (QED) is 0.291. The minimum Gasteiger partial charge on any atom is -0.455 e. The van der Waals surface area contributed by atoms with E-state index in [-0.39, 0.29) is 5.41 Å². The molecule has 0 radical (unpaired) electrons. The van der Waals surface area contributed by atoms with Crippen LogP contribution in [0.4, 0.5) is 0 Å². The van der Waals surface area contributed by atoms with Crippen LogP contribution in [0.3, 0.4) is 0 Å². The molecular formula is C28H24NO+. The molecule has 2 nitrogen and oxygen atoms in total. The standard InChI is InChI=1S/C28H24NO/c1-17-12-13-20-21-15-14-19-18-9-5-6-10-22(18)28(2,3)25(19)27(21)30-26(20)24(17)23-11-7-8-16-29(23)4/h5-16H,1-4H3/q+1. The van der Waals surface area contributed by atoms with E-state index in [9.17, 15) is 0 Å². The Morgan fingerprint density at radius 3 is 2.33 bits per heavy atom. The Balaban J connectivity index is 1.75. The molecule has 2 heterocycles. The van der Waals surface area contributed by atoms with Crippen LogP contribution in [-0.4, -0.2) is 0 Å². The summed E-state index contributed by atoms with van der Waals surface area (Å²) < 4.78 is 8.94. The minimum absolute atomic E-state index is 0.0913. The first-order valence-electron chi connectivity index (χ1n) is 10.5. The zero-order valence-electron chi connectivity index (χ0n) is 17.8. The number of benzene rings is 3. The monoisotopic (exact) mass is 390 g/mol. The maximum Gasteiger partial charge on any atom is 0.216 e. The van der Waals surface area contributed by atoms with Gasteiger partial charge >= 0.3 is 0 Å². The number of pyridine rings is 1. The summed E-state index contributed by atoms with van der Waals surface area (Å²) in [5.74, 6) is 0. The van der Waals surface area contributed by atoms with E-state index in [0.29, 0.717) is 0 Å². The summed E-state index contributed by atoms with van der Waals surface area (Å²) in [6.45, 7) is 6.79. The van der Waals surface area contributed by atoms with Gasteiger partial charge in [0.25, 0.3) is 0 Å². The molecule has 0 saturated heterocycles. The van der Waals surface area contributed by atoms with E-state index in [4.69, 9.17) is 4.42 Å². The fourth-order valence-electron chi connectivity index (χ4n) is 5.35. The number of hydrogen-bond acceptors (Lipinski definition) is 1. The molecule has 0 unspecified atom stereocenters. The summed E-state index contributed by atoms with van der Waals surface area (Å²) in [6, 6.07) is 24.0. The molecule has 3 aromatic carbocycles. The summed E-state index contributed by atoms with van der Waals surface area (Å²) in [6.07, 6.45) is 2.09. The van der Waals surface area contributed by atoms with Crippen molar-refractivity contribution in [2.24, 2.45) is 7.05 Å². The second kappa shape index (κ2) is 5.82. The lowest BCUT2D eigenvalue weighted by atomic mass is 9.82. The van der Waals surface area contributed by atoms with Crippen molar-refractivity contribution in [2.45, 2.75) is 26.2 Å². The first kappa shape index (κ1) is 17.5. The average Bonchev–Trinajstić information content (AvgIpc) is 3.22. The molecule has 2 aromatic heterocycles. The van der Waals surface area contributed by atoms with Crippen LogP contribution in [0.5, 0.6) is 0 Å². The number of aryl methyl sites for hydroxylation is 2. The summed E-state index contributed by atoms with van der Waals surface area (Å²) in [5.41, 5.74) is 10.8. The van der Waals surface area contributed by atoms with Crippen molar-refractivity contribution in [3.63, 3.8) is 0 Å². The van der Waals surface area contributed by atoms with Gasteiger partial charge in [0.05, 0.1) is 5.56 Å². The highest BCUT2D eigenvalue weighted by atomic mass is 16.3. The molecule has 0 aliphatic heterocycles. The molecule has 0 atom stereocenters. The SMILES string of the molecule is Cc1ccc2c(oc3c4c(ccc32)-c2ccccc2C4(C)C)c1-c1cccc[n+]1C. The Morgan fingerprint density at radius 2 is 1.50 bits per heavy atom. The van der Waals surface area contributed by atoms with Crippen LogP contribution < -0.4 is 4.57 Å². The minimum atomic E-state index is -0.0913. The number of hydrogen-bond donors (Lipinski definition) is 0. The van der Waals surface area contributed by atoms with Crippen molar-refractivity contribution in [3.05, 3.63) is 89.6 Å². The van der Waals surface area contributed by atoms with Gasteiger partial charge in [0, 0.05) is 33.9 Å². The molecule has 0 saturated carbocycles. The third-order valence-electron chi connectivity index (χ3n) is 6.84. The van der Waals surface area contributed by atoms with Crippen molar-refractivity contribution in [2.75, 3.05) is 0 Å². The molecule has 0 bridgehead atoms. The second-order valence-corrected chi connectivity index (χ2v) is 8.97. The normalized spacial score (nSPS) is 14.3. The van der Waals surface area contributed by atoms with E-state index >= 15 is 0 Å². The Kier molecular flexibility index (Phi) is 3.39. The molecule has 0 N–H and O–H groups in total. The van der Waals surface area contributed by atoms with E-state index in [0.717, 1.165) is 11.2 Å². The van der Waals surface area contributed by atoms with Crippen LogP contribution in [0.25, 0.3) is 44.3 Å². The Morgan fingerprint density at radius 1 is 0.767 bits per heavy atom. The average molecular weight is 391 g/mol. The van der Waals surface area contributed by atoms with E-state index in [1.807, 2.05) is 0 Å². The van der Waals surface area contributed by atoms with Crippen molar-refractivity contribution >= 4 is 21.9 Å². The van der Waals surface area contributed by atoms with Crippen molar-refractivity contribution in [1.29, 1.82) is 0 Å². The maximum atomic E-state index is 6.77. The predicted molar refractivity (Wildman–Crippen MR) is 123 cm³/mol. The highest BCUT2D eigenvalue weighted by Crippen LogP contribution is 2.52. The highest BCUT2D eigenvalue weighted by Gasteiger charge is 2.38. The second-order valence-electron chi connectivity index (χ2n) is 8.97. The van der Waals surface area contributed by atoms with Gasteiger partial charge < -0.3 is 4.42 Å². The predicted octanol–water partition coefficient (Wildman–Crippen LogP) is 6.69. The lowest BCUT2D eigenvalue weighted by Gasteiger charge is -2.21. The van der Waals surface area contributed by atoms with Crippen molar-refractivity contribution < 1.29 is 8.98 Å². The molecule has 2 heteroatoms. The van der Waals surface area contributed by atoms with Crippen LogP contribution in [0, 0.1) is 6.92 Å². The van der Waals surface area contributed by atoms with Crippen LogP contribution in [0.1, 0.15) is 30.5 Å². The summed E-state index contributed by atoms with van der Waals surface area (Å²) in [7, 11) is 2.09. The number of fused-ring (bicyclic) bond motifs is 7. The van der Waals surface area contributed by atoms with Gasteiger partial charge in [0.15, 0.2) is 6.20 Å². The maximum absolute atomic E-state index is 6.77. The molecule has 0 amide bonds. The molecule has 146 valence electrons. The number of nitrogens with zero attached hydrogens (tertiary/aromatic N) is 1. The van der Waals surface area contributed by atoms with E-state index in [1.54, 1.807) is 0 Å². The summed E-state index contributed by atoms with van der Waals surface area (Å²) in [5, 5.41) is 2.38. The van der Waals surface area contributed by atoms with Crippen molar-refractivity contribution in [1.82, 2.24) is 0 Å². The van der Waals surface area contributed by atoms with E-state index in [1.165, 1.54) is 49.8 Å². The molecule has 0 fully saturated rings. The fourth-order valence-corrected chi connectivity index (χ4v) is 5.35. The third-order valence-corrected chi connectivity index (χ3v) is 6.84. The Labute approximate surface area is 176 Å². The van der Waals surface area contributed by atoms with Gasteiger partial charge in [-0.05, 0) is 41.3 Å². The van der Waals surface area contributed by atoms with Gasteiger partial charge in [-0.2, -0.15) is 0 Å². The number of aromatic nitrogens is 1. The van der Waals surface area contributed by atoms with E-state index < -0.39 is 0 Å². The zero-order valence-corrected chi connectivity index (χ0v) is 17.8. The molecule has 1 aliphatic rings. The van der Waals surface area contributed by atoms with Crippen LogP contribution in [0.2, 0.25) is 0 Å². The smallest absolute Gasteiger partial charge is 0.216 e. The molecule has 1 aliphatic carbocycles. The van der Waals surface area contributed by atoms with Gasteiger partial charge in [-0.3, -0.25) is 0 Å². The Bertz CT molecular complexity index is 1490. The van der Waals surface area contributed by atoms with Crippen molar-refractivity contribution in [3.8, 4) is 22.4 Å². The van der Waals surface area contributed by atoms with Crippen LogP contribution >= 0.6 is 0 Å². The van der Waals surface area contributed by atoms with Crippen LogP contribution in [-0.2, 0) is 12.5 Å². The first-order chi connectivity index (χ1) is 14.5. The molecule has 5 aromatic rings. The molecule has 30 heavy (non-hydrogen) atoms. The highest BCUT2D eigenvalue weighted by molar-refractivity contribution is 6.12.